The van der Waals surface area contributed by atoms with Crippen LogP contribution in [0.5, 0.6) is 5.75 Å². The third-order valence-electron chi connectivity index (χ3n) is 3.29. The van der Waals surface area contributed by atoms with Gasteiger partial charge in [0, 0.05) is 16.9 Å². The van der Waals surface area contributed by atoms with Crippen molar-refractivity contribution in [2.24, 2.45) is 0 Å². The summed E-state index contributed by atoms with van der Waals surface area (Å²) in [6.45, 7) is 5.07. The van der Waals surface area contributed by atoms with E-state index in [0.717, 1.165) is 18.2 Å². The van der Waals surface area contributed by atoms with E-state index in [2.05, 4.69) is 16.6 Å². The van der Waals surface area contributed by atoms with Gasteiger partial charge in [0.25, 0.3) is 15.9 Å². The van der Waals surface area contributed by atoms with Gasteiger partial charge >= 0.3 is 5.97 Å². The molecule has 0 atom stereocenters. The van der Waals surface area contributed by atoms with Crippen LogP contribution in [0.1, 0.15) is 17.3 Å². The summed E-state index contributed by atoms with van der Waals surface area (Å²) in [6.07, 6.45) is 0. The second-order valence-corrected chi connectivity index (χ2v) is 7.08. The van der Waals surface area contributed by atoms with Gasteiger partial charge in [-0.15, -0.1) is 0 Å². The van der Waals surface area contributed by atoms with Crippen molar-refractivity contribution in [1.29, 1.82) is 0 Å². The molecule has 0 aliphatic rings. The molecule has 2 aromatic carbocycles. The molecule has 0 aromatic heterocycles. The number of hydrogen-bond donors (Lipinski definition) is 4. The first-order chi connectivity index (χ1) is 12.1. The number of amides is 1. The molecule has 0 bridgehead atoms. The van der Waals surface area contributed by atoms with Gasteiger partial charge in [0.1, 0.15) is 11.3 Å². The van der Waals surface area contributed by atoms with E-state index in [4.69, 9.17) is 5.11 Å². The zero-order valence-electron chi connectivity index (χ0n) is 13.7. The number of sulfonamides is 1. The molecular formula is C17H16N2O6S. The lowest BCUT2D eigenvalue weighted by atomic mass is 10.2. The second kappa shape index (κ2) is 7.28. The molecule has 8 nitrogen and oxygen atoms in total. The Balaban J connectivity index is 2.22. The summed E-state index contributed by atoms with van der Waals surface area (Å²) in [4.78, 5) is 22.2. The van der Waals surface area contributed by atoms with Crippen molar-refractivity contribution in [2.75, 3.05) is 10.0 Å². The number of hydrogen-bond acceptors (Lipinski definition) is 5. The number of benzene rings is 2. The summed E-state index contributed by atoms with van der Waals surface area (Å²) < 4.78 is 27.0. The fourth-order valence-electron chi connectivity index (χ4n) is 1.93. The molecule has 136 valence electrons. The maximum absolute atomic E-state index is 12.4. The highest BCUT2D eigenvalue weighted by Gasteiger charge is 2.19. The minimum atomic E-state index is -4.06. The lowest BCUT2D eigenvalue weighted by Crippen LogP contribution is -2.14. The van der Waals surface area contributed by atoms with Gasteiger partial charge in [-0.3, -0.25) is 9.52 Å². The smallest absolute Gasteiger partial charge is 0.339 e. The third-order valence-corrected chi connectivity index (χ3v) is 4.67. The van der Waals surface area contributed by atoms with Crippen LogP contribution >= 0.6 is 0 Å². The van der Waals surface area contributed by atoms with Crippen molar-refractivity contribution in [3.8, 4) is 5.75 Å². The molecule has 0 unspecified atom stereocenters. The Labute approximate surface area is 149 Å². The van der Waals surface area contributed by atoms with Crippen molar-refractivity contribution in [3.63, 3.8) is 0 Å². The zero-order chi connectivity index (χ0) is 19.5. The number of carbonyl (C=O) groups excluding carboxylic acids is 1. The van der Waals surface area contributed by atoms with E-state index in [1.807, 2.05) is 0 Å². The molecule has 4 N–H and O–H groups in total. The van der Waals surface area contributed by atoms with Crippen molar-refractivity contribution in [2.45, 2.75) is 11.8 Å². The molecule has 0 spiro atoms. The molecule has 26 heavy (non-hydrogen) atoms. The van der Waals surface area contributed by atoms with Gasteiger partial charge in [0.2, 0.25) is 0 Å². The highest BCUT2D eigenvalue weighted by Crippen LogP contribution is 2.24. The number of carboxylic acid groups (broad SMARTS) is 1. The van der Waals surface area contributed by atoms with Gasteiger partial charge in [-0.2, -0.15) is 0 Å². The Morgan fingerprint density at radius 1 is 1.04 bits per heavy atom. The average Bonchev–Trinajstić information content (AvgIpc) is 2.56. The molecule has 0 saturated carbocycles. The Morgan fingerprint density at radius 2 is 1.62 bits per heavy atom. The molecular weight excluding hydrogens is 360 g/mol. The first kappa shape index (κ1) is 19.0. The number of phenols is 1. The van der Waals surface area contributed by atoms with E-state index in [1.54, 1.807) is 6.92 Å². The van der Waals surface area contributed by atoms with Crippen molar-refractivity contribution < 1.29 is 28.2 Å². The highest BCUT2D eigenvalue weighted by atomic mass is 32.2. The molecule has 0 aliphatic carbocycles. The lowest BCUT2D eigenvalue weighted by molar-refractivity contribution is -0.112. The topological polar surface area (TPSA) is 133 Å². The van der Waals surface area contributed by atoms with Gasteiger partial charge in [-0.1, -0.05) is 6.58 Å². The normalized spacial score (nSPS) is 10.8. The molecule has 0 fully saturated rings. The first-order valence-electron chi connectivity index (χ1n) is 7.26. The van der Waals surface area contributed by atoms with Crippen molar-refractivity contribution >= 4 is 33.3 Å². The van der Waals surface area contributed by atoms with Crippen molar-refractivity contribution in [3.05, 3.63) is 60.2 Å². The maximum atomic E-state index is 12.4. The summed E-state index contributed by atoms with van der Waals surface area (Å²) in [7, 11) is -4.06. The number of anilines is 2. The number of carboxylic acids is 1. The molecule has 0 heterocycles. The molecule has 2 rings (SSSR count). The summed E-state index contributed by atoms with van der Waals surface area (Å²) in [6, 6.07) is 8.81. The van der Waals surface area contributed by atoms with Crippen LogP contribution in [0.15, 0.2) is 59.5 Å². The maximum Gasteiger partial charge on any atom is 0.339 e. The van der Waals surface area contributed by atoms with Crippen LogP contribution in [0.25, 0.3) is 0 Å². The van der Waals surface area contributed by atoms with Gasteiger partial charge in [-0.05, 0) is 49.4 Å². The van der Waals surface area contributed by atoms with Crippen LogP contribution in [0.2, 0.25) is 0 Å². The first-order valence-corrected chi connectivity index (χ1v) is 8.74. The third kappa shape index (κ3) is 4.39. The largest absolute Gasteiger partial charge is 0.507 e. The number of carbonyl (C=O) groups is 2. The van der Waals surface area contributed by atoms with Crippen LogP contribution in [-0.4, -0.2) is 30.5 Å². The Kier molecular flexibility index (Phi) is 5.32. The van der Waals surface area contributed by atoms with Crippen LogP contribution < -0.4 is 10.0 Å². The van der Waals surface area contributed by atoms with Crippen molar-refractivity contribution in [1.82, 2.24) is 0 Å². The summed E-state index contributed by atoms with van der Waals surface area (Å²) in [5.41, 5.74) is 0.476. The SMILES string of the molecule is C=C(C)C(=O)Nc1ccc(NS(=O)(=O)c2ccc(O)c(C(=O)O)c2)cc1. The molecule has 1 amide bonds. The molecule has 0 radical (unpaired) electrons. The van der Waals surface area contributed by atoms with E-state index in [-0.39, 0.29) is 16.5 Å². The summed E-state index contributed by atoms with van der Waals surface area (Å²) in [5, 5.41) is 21.0. The standard InChI is InChI=1S/C17H16N2O6S/c1-10(2)16(21)18-11-3-5-12(6-4-11)19-26(24,25)13-7-8-15(20)14(9-13)17(22)23/h3-9,19-20H,1H2,2H3,(H,18,21)(H,22,23). The minimum absolute atomic E-state index is 0.211. The lowest BCUT2D eigenvalue weighted by Gasteiger charge is -2.10. The van der Waals surface area contributed by atoms with Gasteiger partial charge in [0.05, 0.1) is 4.90 Å². The number of aromatic hydroxyl groups is 1. The van der Waals surface area contributed by atoms with Gasteiger partial charge in [-0.25, -0.2) is 13.2 Å². The number of nitrogens with one attached hydrogen (secondary N) is 2. The van der Waals surface area contributed by atoms with Gasteiger partial charge < -0.3 is 15.5 Å². The van der Waals surface area contributed by atoms with Gasteiger partial charge in [0.15, 0.2) is 0 Å². The number of aromatic carboxylic acids is 1. The molecule has 2 aromatic rings. The van der Waals surface area contributed by atoms with E-state index < -0.39 is 27.3 Å². The van der Waals surface area contributed by atoms with E-state index in [9.17, 15) is 23.1 Å². The molecule has 0 aliphatic heterocycles. The Bertz CT molecular complexity index is 981. The Hall–Kier alpha value is -3.33. The second-order valence-electron chi connectivity index (χ2n) is 5.40. The minimum Gasteiger partial charge on any atom is -0.507 e. The van der Waals surface area contributed by atoms with E-state index in [1.165, 1.54) is 24.3 Å². The summed E-state index contributed by atoms with van der Waals surface area (Å²) in [5.74, 6) is -2.34. The number of rotatable bonds is 6. The predicted octanol–water partition coefficient (Wildman–Crippen LogP) is 2.41. The van der Waals surface area contributed by atoms with Crippen LogP contribution in [-0.2, 0) is 14.8 Å². The predicted molar refractivity (Wildman–Crippen MR) is 95.8 cm³/mol. The monoisotopic (exact) mass is 376 g/mol. The van der Waals surface area contributed by atoms with Crippen LogP contribution in [0, 0.1) is 0 Å². The highest BCUT2D eigenvalue weighted by molar-refractivity contribution is 7.92. The fourth-order valence-corrected chi connectivity index (χ4v) is 3.01. The average molecular weight is 376 g/mol. The zero-order valence-corrected chi connectivity index (χ0v) is 14.5. The summed E-state index contributed by atoms with van der Waals surface area (Å²) >= 11 is 0. The van der Waals surface area contributed by atoms with E-state index >= 15 is 0 Å². The fraction of sp³-hybridized carbons (Fsp3) is 0.0588. The van der Waals surface area contributed by atoms with E-state index in [0.29, 0.717) is 11.3 Å². The quantitative estimate of drug-likeness (QED) is 0.572. The molecule has 0 saturated heterocycles. The Morgan fingerprint density at radius 3 is 2.15 bits per heavy atom. The van der Waals surface area contributed by atoms with Crippen LogP contribution in [0.4, 0.5) is 11.4 Å². The van der Waals surface area contributed by atoms with Crippen LogP contribution in [0.3, 0.4) is 0 Å². The molecule has 9 heteroatoms.